The number of allylic oxidation sites excluding steroid dienone is 1. The number of esters is 2. The fourth-order valence-corrected chi connectivity index (χ4v) is 1.27. The van der Waals surface area contributed by atoms with Gasteiger partial charge < -0.3 is 14.8 Å². The summed E-state index contributed by atoms with van der Waals surface area (Å²) in [6.07, 6.45) is 1.77. The second-order valence-electron chi connectivity index (χ2n) is 3.08. The second-order valence-corrected chi connectivity index (χ2v) is 3.08. The van der Waals surface area contributed by atoms with Crippen LogP contribution in [0.2, 0.25) is 0 Å². The maximum atomic E-state index is 11.3. The van der Waals surface area contributed by atoms with Gasteiger partial charge in [-0.1, -0.05) is 0 Å². The Kier molecular flexibility index (Phi) is 3.49. The zero-order valence-electron chi connectivity index (χ0n) is 8.92. The Labute approximate surface area is 87.7 Å². The first kappa shape index (κ1) is 11.3. The molecule has 82 valence electrons. The molecular weight excluding hydrogens is 198 g/mol. The SMILES string of the molecule is COC(=O)C1=CNC(C)=C(C(=O)OC)C1. The van der Waals surface area contributed by atoms with E-state index in [1.807, 2.05) is 0 Å². The van der Waals surface area contributed by atoms with Gasteiger partial charge in [0.25, 0.3) is 0 Å². The van der Waals surface area contributed by atoms with Crippen molar-refractivity contribution in [3.05, 3.63) is 23.0 Å². The zero-order valence-corrected chi connectivity index (χ0v) is 8.92. The van der Waals surface area contributed by atoms with Crippen LogP contribution < -0.4 is 5.32 Å². The fraction of sp³-hybridized carbons (Fsp3) is 0.400. The number of dihydropyridines is 1. The van der Waals surface area contributed by atoms with Crippen LogP contribution in [-0.2, 0) is 19.1 Å². The van der Waals surface area contributed by atoms with E-state index in [1.54, 1.807) is 6.92 Å². The minimum absolute atomic E-state index is 0.234. The second kappa shape index (κ2) is 4.63. The lowest BCUT2D eigenvalue weighted by molar-refractivity contribution is -0.136. The summed E-state index contributed by atoms with van der Waals surface area (Å²) in [6.45, 7) is 1.75. The number of methoxy groups -OCH3 is 2. The Morgan fingerprint density at radius 3 is 2.40 bits per heavy atom. The van der Waals surface area contributed by atoms with Crippen molar-refractivity contribution in [3.8, 4) is 0 Å². The van der Waals surface area contributed by atoms with Crippen molar-refractivity contribution >= 4 is 11.9 Å². The zero-order chi connectivity index (χ0) is 11.4. The molecule has 0 bridgehead atoms. The lowest BCUT2D eigenvalue weighted by atomic mass is 10.0. The Hall–Kier alpha value is -1.78. The van der Waals surface area contributed by atoms with Crippen molar-refractivity contribution in [1.82, 2.24) is 5.32 Å². The molecule has 0 atom stereocenters. The Morgan fingerprint density at radius 1 is 1.27 bits per heavy atom. The van der Waals surface area contributed by atoms with E-state index < -0.39 is 11.9 Å². The van der Waals surface area contributed by atoms with Gasteiger partial charge in [0.15, 0.2) is 0 Å². The predicted molar refractivity (Wildman–Crippen MR) is 52.6 cm³/mol. The van der Waals surface area contributed by atoms with Gasteiger partial charge in [-0.25, -0.2) is 9.59 Å². The van der Waals surface area contributed by atoms with Gasteiger partial charge in [0, 0.05) is 18.3 Å². The molecule has 1 N–H and O–H groups in total. The van der Waals surface area contributed by atoms with Crippen LogP contribution in [0.3, 0.4) is 0 Å². The Balaban J connectivity index is 2.84. The molecule has 0 aromatic heterocycles. The molecule has 15 heavy (non-hydrogen) atoms. The molecule has 0 aliphatic carbocycles. The molecule has 0 radical (unpaired) electrons. The van der Waals surface area contributed by atoms with E-state index in [1.165, 1.54) is 20.4 Å². The first-order chi connectivity index (χ1) is 7.10. The molecule has 5 nitrogen and oxygen atoms in total. The van der Waals surface area contributed by atoms with Crippen molar-refractivity contribution in [3.63, 3.8) is 0 Å². The van der Waals surface area contributed by atoms with Crippen LogP contribution in [0.25, 0.3) is 0 Å². The monoisotopic (exact) mass is 211 g/mol. The molecular formula is C10H13NO4. The summed E-state index contributed by atoms with van der Waals surface area (Å²) in [7, 11) is 2.60. The molecule has 1 aliphatic heterocycles. The first-order valence-corrected chi connectivity index (χ1v) is 4.42. The van der Waals surface area contributed by atoms with E-state index in [0.29, 0.717) is 16.8 Å². The highest BCUT2D eigenvalue weighted by Crippen LogP contribution is 2.20. The molecule has 0 spiro atoms. The number of carbonyl (C=O) groups is 2. The topological polar surface area (TPSA) is 64.6 Å². The summed E-state index contributed by atoms with van der Waals surface area (Å²) >= 11 is 0. The summed E-state index contributed by atoms with van der Waals surface area (Å²) in [6, 6.07) is 0. The maximum Gasteiger partial charge on any atom is 0.335 e. The van der Waals surface area contributed by atoms with Crippen molar-refractivity contribution in [2.24, 2.45) is 0 Å². The Morgan fingerprint density at radius 2 is 1.87 bits per heavy atom. The average Bonchev–Trinajstić information content (AvgIpc) is 2.27. The highest BCUT2D eigenvalue weighted by Gasteiger charge is 2.22. The van der Waals surface area contributed by atoms with E-state index in [2.05, 4.69) is 14.8 Å². The minimum Gasteiger partial charge on any atom is -0.466 e. The molecule has 0 aromatic rings. The highest BCUT2D eigenvalue weighted by molar-refractivity contribution is 5.95. The minimum atomic E-state index is -0.448. The van der Waals surface area contributed by atoms with Crippen molar-refractivity contribution in [2.45, 2.75) is 13.3 Å². The third kappa shape index (κ3) is 2.37. The van der Waals surface area contributed by atoms with E-state index in [-0.39, 0.29) is 6.42 Å². The van der Waals surface area contributed by atoms with E-state index >= 15 is 0 Å². The molecule has 0 aromatic carbocycles. The molecule has 5 heteroatoms. The molecule has 1 rings (SSSR count). The summed E-state index contributed by atoms with van der Waals surface area (Å²) in [5.74, 6) is -0.883. The largest absolute Gasteiger partial charge is 0.466 e. The standard InChI is InChI=1S/C10H13NO4/c1-6-8(10(13)15-3)4-7(5-11-6)9(12)14-2/h5,11H,4H2,1-3H3. The van der Waals surface area contributed by atoms with Crippen LogP contribution in [-0.4, -0.2) is 26.2 Å². The number of hydrogen-bond donors (Lipinski definition) is 1. The summed E-state index contributed by atoms with van der Waals surface area (Å²) in [5, 5.41) is 2.83. The lowest BCUT2D eigenvalue weighted by Crippen LogP contribution is -2.22. The Bertz CT molecular complexity index is 354. The van der Waals surface area contributed by atoms with Gasteiger partial charge in [-0.05, 0) is 6.92 Å². The smallest absolute Gasteiger partial charge is 0.335 e. The number of ether oxygens (including phenoxy) is 2. The van der Waals surface area contributed by atoms with Gasteiger partial charge in [-0.15, -0.1) is 0 Å². The van der Waals surface area contributed by atoms with Crippen molar-refractivity contribution < 1.29 is 19.1 Å². The van der Waals surface area contributed by atoms with Crippen LogP contribution in [0, 0.1) is 0 Å². The number of hydrogen-bond acceptors (Lipinski definition) is 5. The number of carbonyl (C=O) groups excluding carboxylic acids is 2. The molecule has 0 unspecified atom stereocenters. The van der Waals surface area contributed by atoms with Crippen LogP contribution in [0.4, 0.5) is 0 Å². The molecule has 0 amide bonds. The molecule has 1 heterocycles. The van der Waals surface area contributed by atoms with Gasteiger partial charge >= 0.3 is 11.9 Å². The van der Waals surface area contributed by atoms with E-state index in [0.717, 1.165) is 0 Å². The van der Waals surface area contributed by atoms with Crippen LogP contribution in [0.5, 0.6) is 0 Å². The van der Waals surface area contributed by atoms with Gasteiger partial charge in [-0.3, -0.25) is 0 Å². The van der Waals surface area contributed by atoms with Gasteiger partial charge in [0.1, 0.15) is 0 Å². The molecule has 1 aliphatic rings. The van der Waals surface area contributed by atoms with Crippen LogP contribution in [0.1, 0.15) is 13.3 Å². The van der Waals surface area contributed by atoms with E-state index in [4.69, 9.17) is 0 Å². The third-order valence-electron chi connectivity index (χ3n) is 2.16. The van der Waals surface area contributed by atoms with Gasteiger partial charge in [-0.2, -0.15) is 0 Å². The van der Waals surface area contributed by atoms with Crippen molar-refractivity contribution in [1.29, 1.82) is 0 Å². The molecule has 0 saturated heterocycles. The summed E-state index contributed by atoms with van der Waals surface area (Å²) < 4.78 is 9.17. The fourth-order valence-electron chi connectivity index (χ4n) is 1.27. The van der Waals surface area contributed by atoms with E-state index in [9.17, 15) is 9.59 Å². The first-order valence-electron chi connectivity index (χ1n) is 4.42. The molecule has 0 fully saturated rings. The normalized spacial score (nSPS) is 15.3. The average molecular weight is 211 g/mol. The quantitative estimate of drug-likeness (QED) is 0.673. The van der Waals surface area contributed by atoms with Gasteiger partial charge in [0.05, 0.1) is 25.4 Å². The number of rotatable bonds is 2. The van der Waals surface area contributed by atoms with Gasteiger partial charge in [0.2, 0.25) is 0 Å². The van der Waals surface area contributed by atoms with Crippen LogP contribution in [0.15, 0.2) is 23.0 Å². The molecule has 0 saturated carbocycles. The third-order valence-corrected chi connectivity index (χ3v) is 2.16. The number of nitrogens with one attached hydrogen (secondary N) is 1. The summed E-state index contributed by atoms with van der Waals surface area (Å²) in [5.41, 5.74) is 1.54. The predicted octanol–water partition coefficient (Wildman–Crippen LogP) is 0.484. The highest BCUT2D eigenvalue weighted by atomic mass is 16.5. The van der Waals surface area contributed by atoms with Crippen LogP contribution >= 0.6 is 0 Å². The summed E-state index contributed by atoms with van der Waals surface area (Å²) in [4.78, 5) is 22.6. The lowest BCUT2D eigenvalue weighted by Gasteiger charge is -2.17. The van der Waals surface area contributed by atoms with Crippen molar-refractivity contribution in [2.75, 3.05) is 14.2 Å². The maximum absolute atomic E-state index is 11.3.